The Bertz CT molecular complexity index is 156. The highest BCUT2D eigenvalue weighted by atomic mass is 14.9. The minimum absolute atomic E-state index is 0.530. The van der Waals surface area contributed by atoms with Crippen LogP contribution in [0.5, 0.6) is 0 Å². The maximum atomic E-state index is 7.32. The van der Waals surface area contributed by atoms with Crippen molar-refractivity contribution < 1.29 is 0 Å². The molecule has 1 rings (SSSR count). The molecule has 0 bridgehead atoms. The van der Waals surface area contributed by atoms with Gasteiger partial charge >= 0.3 is 0 Å². The number of hydrogen-bond acceptors (Lipinski definition) is 2. The van der Waals surface area contributed by atoms with Crippen LogP contribution in [0, 0.1) is 22.7 Å². The molecule has 1 N–H and O–H groups in total. The molecule has 2 heteroatoms. The Kier molecular flexibility index (Phi) is 5.73. The summed E-state index contributed by atoms with van der Waals surface area (Å²) in [5.41, 5.74) is 0.530. The van der Waals surface area contributed by atoms with Crippen LogP contribution in [0.3, 0.4) is 0 Å². The second-order valence-electron chi connectivity index (χ2n) is 4.61. The summed E-state index contributed by atoms with van der Waals surface area (Å²) in [5, 5.41) is 10.7. The van der Waals surface area contributed by atoms with E-state index in [1.165, 1.54) is 32.9 Å². The molecular weight excluding hydrogens is 160 g/mol. The lowest BCUT2D eigenvalue weighted by Crippen LogP contribution is -2.34. The van der Waals surface area contributed by atoms with Crippen molar-refractivity contribution in [3.63, 3.8) is 0 Å². The third kappa shape index (κ3) is 5.65. The van der Waals surface area contributed by atoms with Crippen molar-refractivity contribution in [3.05, 3.63) is 0 Å². The fourth-order valence-electron chi connectivity index (χ4n) is 1.69. The van der Waals surface area contributed by atoms with E-state index in [0.29, 0.717) is 5.41 Å². The van der Waals surface area contributed by atoms with Crippen LogP contribution in [-0.4, -0.2) is 13.1 Å². The number of hydrogen-bond donors (Lipinski definition) is 1. The normalized spacial score (nSPS) is 18.4. The summed E-state index contributed by atoms with van der Waals surface area (Å²) < 4.78 is 0. The fraction of sp³-hybridized carbons (Fsp3) is 0.909. The molecule has 0 radical (unpaired) electrons. The van der Waals surface area contributed by atoms with E-state index in [0.717, 1.165) is 5.92 Å². The molecule has 1 heterocycles. The van der Waals surface area contributed by atoms with Crippen LogP contribution in [0.25, 0.3) is 0 Å². The third-order valence-corrected chi connectivity index (χ3v) is 2.56. The Morgan fingerprint density at radius 3 is 1.85 bits per heavy atom. The first-order valence-electron chi connectivity index (χ1n) is 5.04. The van der Waals surface area contributed by atoms with Gasteiger partial charge in [0.2, 0.25) is 0 Å². The Hall–Kier alpha value is -0.550. The predicted octanol–water partition coefficient (Wildman–Crippen LogP) is 2.56. The Morgan fingerprint density at radius 2 is 1.62 bits per heavy atom. The van der Waals surface area contributed by atoms with Crippen LogP contribution < -0.4 is 5.32 Å². The van der Waals surface area contributed by atoms with Crippen molar-refractivity contribution in [2.45, 2.75) is 40.5 Å². The van der Waals surface area contributed by atoms with E-state index in [2.05, 4.69) is 26.1 Å². The summed E-state index contributed by atoms with van der Waals surface area (Å²) in [6.07, 6.45) is 2.73. The average Bonchev–Trinajstić information content (AvgIpc) is 2.06. The highest BCUT2D eigenvalue weighted by Gasteiger charge is 2.25. The number of nitrogens with zero attached hydrogens (tertiary/aromatic N) is 1. The Balaban J connectivity index is 0.000000424. The first-order valence-corrected chi connectivity index (χ1v) is 5.04. The van der Waals surface area contributed by atoms with Crippen LogP contribution in [0.4, 0.5) is 0 Å². The van der Waals surface area contributed by atoms with Crippen LogP contribution in [0.2, 0.25) is 0 Å². The van der Waals surface area contributed by atoms with Crippen LogP contribution in [0.15, 0.2) is 0 Å². The monoisotopic (exact) mass is 182 g/mol. The van der Waals surface area contributed by atoms with Gasteiger partial charge in [-0.15, -0.1) is 0 Å². The molecule has 0 aliphatic carbocycles. The second kappa shape index (κ2) is 5.99. The molecule has 1 saturated heterocycles. The molecule has 0 atom stereocenters. The number of piperidine rings is 1. The number of rotatable bonds is 0. The zero-order valence-electron chi connectivity index (χ0n) is 9.35. The number of nitrogens with one attached hydrogen (secondary N) is 1. The molecule has 0 aromatic heterocycles. The third-order valence-electron chi connectivity index (χ3n) is 2.56. The molecule has 0 aromatic carbocycles. The lowest BCUT2D eigenvalue weighted by molar-refractivity contribution is 0.188. The molecule has 0 saturated carbocycles. The summed E-state index contributed by atoms with van der Waals surface area (Å²) in [6, 6.07) is 1.75. The van der Waals surface area contributed by atoms with E-state index in [4.69, 9.17) is 5.26 Å². The van der Waals surface area contributed by atoms with Crippen molar-refractivity contribution in [3.8, 4) is 6.07 Å². The van der Waals surface area contributed by atoms with Crippen LogP contribution >= 0.6 is 0 Å². The minimum Gasteiger partial charge on any atom is -0.317 e. The maximum absolute atomic E-state index is 7.32. The first-order chi connectivity index (χ1) is 6.02. The fourth-order valence-corrected chi connectivity index (χ4v) is 1.69. The molecule has 0 aromatic rings. The zero-order valence-corrected chi connectivity index (χ0v) is 9.35. The highest BCUT2D eigenvalue weighted by molar-refractivity contribution is 4.78. The molecular formula is C11H22N2. The van der Waals surface area contributed by atoms with Gasteiger partial charge in [0.1, 0.15) is 0 Å². The second-order valence-corrected chi connectivity index (χ2v) is 4.61. The highest BCUT2D eigenvalue weighted by Crippen LogP contribution is 2.32. The average molecular weight is 182 g/mol. The van der Waals surface area contributed by atoms with E-state index >= 15 is 0 Å². The first kappa shape index (κ1) is 12.4. The van der Waals surface area contributed by atoms with Gasteiger partial charge in [0.05, 0.1) is 6.07 Å². The Morgan fingerprint density at radius 1 is 1.23 bits per heavy atom. The molecule has 0 unspecified atom stereocenters. The molecule has 1 aliphatic heterocycles. The molecule has 0 amide bonds. The van der Waals surface area contributed by atoms with Gasteiger partial charge in [-0.2, -0.15) is 5.26 Å². The predicted molar refractivity (Wildman–Crippen MR) is 56.3 cm³/mol. The molecule has 2 nitrogen and oxygen atoms in total. The summed E-state index contributed by atoms with van der Waals surface area (Å²) in [4.78, 5) is 0. The summed E-state index contributed by atoms with van der Waals surface area (Å²) in [5.74, 6) is 0.939. The van der Waals surface area contributed by atoms with E-state index in [1.54, 1.807) is 6.07 Å². The van der Waals surface area contributed by atoms with Crippen molar-refractivity contribution in [1.82, 2.24) is 5.32 Å². The number of nitriles is 1. The van der Waals surface area contributed by atoms with Crippen LogP contribution in [0.1, 0.15) is 40.5 Å². The van der Waals surface area contributed by atoms with E-state index in [-0.39, 0.29) is 0 Å². The van der Waals surface area contributed by atoms with Crippen molar-refractivity contribution in [1.29, 1.82) is 5.26 Å². The van der Waals surface area contributed by atoms with E-state index < -0.39 is 0 Å². The lowest BCUT2D eigenvalue weighted by Gasteiger charge is -2.34. The van der Waals surface area contributed by atoms with Gasteiger partial charge in [0, 0.05) is 6.92 Å². The van der Waals surface area contributed by atoms with Crippen molar-refractivity contribution in [2.75, 3.05) is 13.1 Å². The summed E-state index contributed by atoms with van der Waals surface area (Å²) in [6.45, 7) is 10.9. The van der Waals surface area contributed by atoms with Gasteiger partial charge in [-0.1, -0.05) is 20.8 Å². The quantitative estimate of drug-likeness (QED) is 0.625. The van der Waals surface area contributed by atoms with E-state index in [1.807, 2.05) is 0 Å². The molecule has 76 valence electrons. The molecule has 1 fully saturated rings. The summed E-state index contributed by atoms with van der Waals surface area (Å²) >= 11 is 0. The van der Waals surface area contributed by atoms with E-state index in [9.17, 15) is 0 Å². The lowest BCUT2D eigenvalue weighted by atomic mass is 9.76. The minimum atomic E-state index is 0.530. The standard InChI is InChI=1S/C9H19N.C2H3N/c1-9(2,3)8-4-6-10-7-5-8;1-2-3/h8,10H,4-7H2,1-3H3;1H3. The topological polar surface area (TPSA) is 35.8 Å². The Labute approximate surface area is 82.3 Å². The molecule has 0 spiro atoms. The molecule has 1 aliphatic rings. The smallest absolute Gasteiger partial charge is 0.0587 e. The largest absolute Gasteiger partial charge is 0.317 e. The zero-order chi connectivity index (χ0) is 10.3. The maximum Gasteiger partial charge on any atom is 0.0587 e. The molecule has 13 heavy (non-hydrogen) atoms. The van der Waals surface area contributed by atoms with Gasteiger partial charge < -0.3 is 5.32 Å². The van der Waals surface area contributed by atoms with Gasteiger partial charge in [-0.25, -0.2) is 0 Å². The van der Waals surface area contributed by atoms with Gasteiger partial charge in [0.25, 0.3) is 0 Å². The van der Waals surface area contributed by atoms with Gasteiger partial charge in [0.15, 0.2) is 0 Å². The summed E-state index contributed by atoms with van der Waals surface area (Å²) in [7, 11) is 0. The van der Waals surface area contributed by atoms with Gasteiger partial charge in [-0.05, 0) is 37.3 Å². The SMILES string of the molecule is CC#N.CC(C)(C)C1CCNCC1. The van der Waals surface area contributed by atoms with Crippen molar-refractivity contribution in [2.24, 2.45) is 11.3 Å². The van der Waals surface area contributed by atoms with Crippen molar-refractivity contribution >= 4 is 0 Å². The van der Waals surface area contributed by atoms with Crippen LogP contribution in [-0.2, 0) is 0 Å². The van der Waals surface area contributed by atoms with Gasteiger partial charge in [-0.3, -0.25) is 0 Å².